The van der Waals surface area contributed by atoms with Crippen LogP contribution in [-0.2, 0) is 0 Å². The lowest BCUT2D eigenvalue weighted by Gasteiger charge is -2.35. The summed E-state index contributed by atoms with van der Waals surface area (Å²) in [4.78, 5) is 20.7. The minimum Gasteiger partial charge on any atom is -0.392 e. The maximum atomic E-state index is 11.6. The zero-order valence-electron chi connectivity index (χ0n) is 11.5. The molecule has 1 fully saturated rings. The van der Waals surface area contributed by atoms with Crippen molar-refractivity contribution >= 4 is 28.8 Å². The summed E-state index contributed by atoms with van der Waals surface area (Å²) < 4.78 is 0. The van der Waals surface area contributed by atoms with Gasteiger partial charge in [0.25, 0.3) is 5.91 Å². The quantitative estimate of drug-likeness (QED) is 0.752. The molecule has 108 valence electrons. The number of aromatic nitrogens is 1. The lowest BCUT2D eigenvalue weighted by atomic mass is 10.2. The molecule has 1 aromatic heterocycles. The maximum absolute atomic E-state index is 11.6. The second kappa shape index (κ2) is 6.62. The molecule has 0 bridgehead atoms. The van der Waals surface area contributed by atoms with Crippen LogP contribution in [0.4, 0.5) is 5.69 Å². The fourth-order valence-electron chi connectivity index (χ4n) is 2.25. The third-order valence-electron chi connectivity index (χ3n) is 3.32. The summed E-state index contributed by atoms with van der Waals surface area (Å²) in [7, 11) is 1.60. The molecule has 1 amide bonds. The van der Waals surface area contributed by atoms with Crippen LogP contribution in [0, 0.1) is 0 Å². The van der Waals surface area contributed by atoms with Gasteiger partial charge in [-0.3, -0.25) is 14.7 Å². The third kappa shape index (κ3) is 3.64. The number of rotatable bonds is 4. The first-order chi connectivity index (χ1) is 9.60. The van der Waals surface area contributed by atoms with Gasteiger partial charge in [0.15, 0.2) is 0 Å². The molecule has 6 nitrogen and oxygen atoms in total. The fraction of sp³-hybridized carbons (Fsp3) is 0.462. The average Bonchev–Trinajstić information content (AvgIpc) is 2.47. The van der Waals surface area contributed by atoms with Crippen LogP contribution in [0.5, 0.6) is 0 Å². The van der Waals surface area contributed by atoms with Crippen molar-refractivity contribution in [2.24, 2.45) is 5.73 Å². The standard InChI is InChI=1S/C13H19N5OS/c1-15-13(19)11-8-10(2-3-16-11)18-6-4-17(5-7-18)9-12(14)20/h2-3,8H,4-7,9H2,1H3,(H2,14,20)(H,15,19). The van der Waals surface area contributed by atoms with E-state index >= 15 is 0 Å². The predicted octanol–water partition coefficient (Wildman–Crippen LogP) is -0.151. The van der Waals surface area contributed by atoms with Crippen LogP contribution in [0.25, 0.3) is 0 Å². The second-order valence-corrected chi connectivity index (χ2v) is 5.23. The van der Waals surface area contributed by atoms with Crippen molar-refractivity contribution < 1.29 is 4.79 Å². The molecule has 1 saturated heterocycles. The Morgan fingerprint density at radius 2 is 2.15 bits per heavy atom. The number of nitrogens with two attached hydrogens (primary N) is 1. The van der Waals surface area contributed by atoms with Gasteiger partial charge in [-0.05, 0) is 12.1 Å². The summed E-state index contributed by atoms with van der Waals surface area (Å²) in [5.74, 6) is -0.168. The van der Waals surface area contributed by atoms with E-state index in [1.54, 1.807) is 13.2 Å². The van der Waals surface area contributed by atoms with Gasteiger partial charge < -0.3 is 16.0 Å². The molecule has 1 aliphatic rings. The number of piperazine rings is 1. The fourth-order valence-corrected chi connectivity index (χ4v) is 2.44. The van der Waals surface area contributed by atoms with E-state index in [0.29, 0.717) is 17.2 Å². The summed E-state index contributed by atoms with van der Waals surface area (Å²) in [6.45, 7) is 4.27. The highest BCUT2D eigenvalue weighted by Gasteiger charge is 2.18. The molecule has 0 spiro atoms. The summed E-state index contributed by atoms with van der Waals surface area (Å²) in [5.41, 5.74) is 7.02. The highest BCUT2D eigenvalue weighted by molar-refractivity contribution is 7.80. The van der Waals surface area contributed by atoms with Gasteiger partial charge >= 0.3 is 0 Å². The van der Waals surface area contributed by atoms with Crippen molar-refractivity contribution in [3.8, 4) is 0 Å². The van der Waals surface area contributed by atoms with E-state index in [9.17, 15) is 4.79 Å². The molecule has 0 unspecified atom stereocenters. The molecule has 1 aromatic rings. The topological polar surface area (TPSA) is 74.5 Å². The molecular weight excluding hydrogens is 274 g/mol. The summed E-state index contributed by atoms with van der Waals surface area (Å²) >= 11 is 4.93. The molecule has 7 heteroatoms. The minimum absolute atomic E-state index is 0.168. The normalized spacial score (nSPS) is 15.9. The molecule has 20 heavy (non-hydrogen) atoms. The number of amides is 1. The minimum atomic E-state index is -0.168. The van der Waals surface area contributed by atoms with Crippen LogP contribution < -0.4 is 16.0 Å². The Morgan fingerprint density at radius 1 is 1.45 bits per heavy atom. The number of carbonyl (C=O) groups excluding carboxylic acids is 1. The van der Waals surface area contributed by atoms with Crippen LogP contribution >= 0.6 is 12.2 Å². The van der Waals surface area contributed by atoms with Gasteiger partial charge in [0.1, 0.15) is 5.69 Å². The van der Waals surface area contributed by atoms with Gasteiger partial charge in [-0.2, -0.15) is 0 Å². The number of nitrogens with one attached hydrogen (secondary N) is 1. The number of hydrogen-bond acceptors (Lipinski definition) is 5. The maximum Gasteiger partial charge on any atom is 0.269 e. The Kier molecular flexibility index (Phi) is 4.86. The first-order valence-corrected chi connectivity index (χ1v) is 6.94. The summed E-state index contributed by atoms with van der Waals surface area (Å²) in [6, 6.07) is 3.75. The van der Waals surface area contributed by atoms with E-state index < -0.39 is 0 Å². The number of pyridine rings is 1. The van der Waals surface area contributed by atoms with Crippen LogP contribution in [-0.4, -0.2) is 60.6 Å². The summed E-state index contributed by atoms with van der Waals surface area (Å²) in [6.07, 6.45) is 1.67. The molecule has 0 saturated carbocycles. The Morgan fingerprint density at radius 3 is 2.75 bits per heavy atom. The van der Waals surface area contributed by atoms with Crippen molar-refractivity contribution in [3.05, 3.63) is 24.0 Å². The van der Waals surface area contributed by atoms with E-state index in [1.807, 2.05) is 12.1 Å². The largest absolute Gasteiger partial charge is 0.392 e. The molecule has 0 atom stereocenters. The first-order valence-electron chi connectivity index (χ1n) is 6.54. The zero-order chi connectivity index (χ0) is 14.5. The average molecular weight is 293 g/mol. The third-order valence-corrected chi connectivity index (χ3v) is 3.45. The van der Waals surface area contributed by atoms with E-state index in [4.69, 9.17) is 18.0 Å². The van der Waals surface area contributed by atoms with Crippen molar-refractivity contribution in [3.63, 3.8) is 0 Å². The lowest BCUT2D eigenvalue weighted by Crippen LogP contribution is -2.48. The molecule has 2 heterocycles. The Hall–Kier alpha value is -1.73. The monoisotopic (exact) mass is 293 g/mol. The number of nitrogens with zero attached hydrogens (tertiary/aromatic N) is 3. The van der Waals surface area contributed by atoms with Gasteiger partial charge in [0, 0.05) is 51.7 Å². The number of carbonyl (C=O) groups is 1. The SMILES string of the molecule is CNC(=O)c1cc(N2CCN(CC(N)=S)CC2)ccn1. The van der Waals surface area contributed by atoms with E-state index in [1.165, 1.54) is 0 Å². The van der Waals surface area contributed by atoms with Crippen molar-refractivity contribution in [2.75, 3.05) is 44.7 Å². The molecule has 2 rings (SSSR count). The van der Waals surface area contributed by atoms with Gasteiger partial charge in [0.05, 0.1) is 4.99 Å². The number of hydrogen-bond donors (Lipinski definition) is 2. The second-order valence-electron chi connectivity index (χ2n) is 4.71. The van der Waals surface area contributed by atoms with Crippen LogP contribution in [0.15, 0.2) is 18.3 Å². The number of anilines is 1. The molecule has 0 aliphatic carbocycles. The molecule has 0 radical (unpaired) electrons. The van der Waals surface area contributed by atoms with Crippen LogP contribution in [0.2, 0.25) is 0 Å². The molecular formula is C13H19N5OS. The van der Waals surface area contributed by atoms with Crippen molar-refractivity contribution in [2.45, 2.75) is 0 Å². The highest BCUT2D eigenvalue weighted by atomic mass is 32.1. The van der Waals surface area contributed by atoms with E-state index in [-0.39, 0.29) is 5.91 Å². The Balaban J connectivity index is 2.00. The van der Waals surface area contributed by atoms with Gasteiger partial charge in [-0.1, -0.05) is 12.2 Å². The smallest absolute Gasteiger partial charge is 0.269 e. The van der Waals surface area contributed by atoms with Gasteiger partial charge in [-0.15, -0.1) is 0 Å². The molecule has 1 aliphatic heterocycles. The van der Waals surface area contributed by atoms with Crippen molar-refractivity contribution in [1.29, 1.82) is 0 Å². The van der Waals surface area contributed by atoms with E-state index in [0.717, 1.165) is 31.9 Å². The van der Waals surface area contributed by atoms with E-state index in [2.05, 4.69) is 20.1 Å². The van der Waals surface area contributed by atoms with Gasteiger partial charge in [-0.25, -0.2) is 0 Å². The lowest BCUT2D eigenvalue weighted by molar-refractivity contribution is 0.0958. The summed E-state index contributed by atoms with van der Waals surface area (Å²) in [5, 5.41) is 2.58. The van der Waals surface area contributed by atoms with Crippen LogP contribution in [0.3, 0.4) is 0 Å². The first kappa shape index (κ1) is 14.7. The predicted molar refractivity (Wildman–Crippen MR) is 83.1 cm³/mol. The molecule has 3 N–H and O–H groups in total. The highest BCUT2D eigenvalue weighted by Crippen LogP contribution is 2.16. The van der Waals surface area contributed by atoms with Crippen LogP contribution in [0.1, 0.15) is 10.5 Å². The Bertz CT molecular complexity index is 499. The van der Waals surface area contributed by atoms with Gasteiger partial charge in [0.2, 0.25) is 0 Å². The van der Waals surface area contributed by atoms with Crippen molar-refractivity contribution in [1.82, 2.24) is 15.2 Å². The number of thiocarbonyl (C=S) groups is 1. The molecule has 0 aromatic carbocycles. The zero-order valence-corrected chi connectivity index (χ0v) is 12.3. The Labute approximate surface area is 123 Å².